The summed E-state index contributed by atoms with van der Waals surface area (Å²) < 4.78 is 45.2. The number of nitrogens with one attached hydrogen (secondary N) is 1. The van der Waals surface area contributed by atoms with Gasteiger partial charge >= 0.3 is 22.1 Å². The fourth-order valence-corrected chi connectivity index (χ4v) is 4.00. The molecule has 0 radical (unpaired) electrons. The minimum atomic E-state index is -4.30. The van der Waals surface area contributed by atoms with E-state index in [2.05, 4.69) is 19.4 Å². The Labute approximate surface area is 212 Å². The Morgan fingerprint density at radius 3 is 2.41 bits per heavy atom. The molecule has 13 heteroatoms. The van der Waals surface area contributed by atoms with Gasteiger partial charge in [-0.2, -0.15) is 13.5 Å². The molecule has 0 aliphatic rings. The van der Waals surface area contributed by atoms with Gasteiger partial charge in [-0.3, -0.25) is 9.59 Å². The predicted molar refractivity (Wildman–Crippen MR) is 130 cm³/mol. The summed E-state index contributed by atoms with van der Waals surface area (Å²) in [5, 5.41) is 3.25. The van der Waals surface area contributed by atoms with Crippen LogP contribution in [0.25, 0.3) is 5.69 Å². The van der Waals surface area contributed by atoms with Crippen LogP contribution < -0.4 is 5.43 Å². The molecule has 3 rings (SSSR count). The molecular weight excluding hydrogens is 506 g/mol. The predicted octanol–water partition coefficient (Wildman–Crippen LogP) is 2.85. The van der Waals surface area contributed by atoms with Gasteiger partial charge in [0, 0.05) is 23.9 Å². The quantitative estimate of drug-likeness (QED) is 0.137. The molecule has 1 amide bonds. The standard InChI is InChI=1S/C24H25N3O9S/c1-5-33-24(30)20-10-8-18(12-21(20)27-15(2)6-7-16(27)3)23(29)26-25-13-19-9-11-22(36-19)37(31,32)35-14-34-17(4)28/h6-13H,5,14H2,1-4H3,(H,26,29)/b25-13+. The highest BCUT2D eigenvalue weighted by Crippen LogP contribution is 2.23. The number of aromatic nitrogens is 1. The third kappa shape index (κ3) is 6.71. The maximum absolute atomic E-state index is 12.7. The van der Waals surface area contributed by atoms with Crippen molar-refractivity contribution in [2.24, 2.45) is 5.10 Å². The summed E-state index contributed by atoms with van der Waals surface area (Å²) in [6, 6.07) is 10.7. The van der Waals surface area contributed by atoms with E-state index in [0.29, 0.717) is 11.3 Å². The van der Waals surface area contributed by atoms with Crippen LogP contribution in [0.1, 0.15) is 51.7 Å². The summed E-state index contributed by atoms with van der Waals surface area (Å²) in [7, 11) is -4.30. The smallest absolute Gasteiger partial charge is 0.340 e. The lowest BCUT2D eigenvalue weighted by atomic mass is 10.1. The number of carbonyl (C=O) groups excluding carboxylic acids is 3. The van der Waals surface area contributed by atoms with E-state index in [1.807, 2.05) is 30.5 Å². The lowest BCUT2D eigenvalue weighted by molar-refractivity contribution is -0.147. The lowest BCUT2D eigenvalue weighted by Crippen LogP contribution is -2.19. The third-order valence-electron chi connectivity index (χ3n) is 4.94. The third-order valence-corrected chi connectivity index (χ3v) is 6.06. The average Bonchev–Trinajstić information content (AvgIpc) is 3.45. The van der Waals surface area contributed by atoms with Crippen molar-refractivity contribution in [3.05, 3.63) is 70.7 Å². The number of amides is 1. The monoisotopic (exact) mass is 531 g/mol. The molecule has 196 valence electrons. The number of hydrogen-bond donors (Lipinski definition) is 1. The van der Waals surface area contributed by atoms with E-state index in [1.54, 1.807) is 13.0 Å². The maximum atomic E-state index is 12.7. The van der Waals surface area contributed by atoms with Gasteiger partial charge in [0.1, 0.15) is 5.76 Å². The molecule has 0 saturated carbocycles. The summed E-state index contributed by atoms with van der Waals surface area (Å²) in [5.41, 5.74) is 5.03. The van der Waals surface area contributed by atoms with Crippen LogP contribution in [0.2, 0.25) is 0 Å². The first-order valence-corrected chi connectivity index (χ1v) is 12.4. The fraction of sp³-hybridized carbons (Fsp3) is 0.250. The van der Waals surface area contributed by atoms with Gasteiger partial charge in [-0.15, -0.1) is 0 Å². The van der Waals surface area contributed by atoms with Gasteiger partial charge < -0.3 is 18.5 Å². The Kier molecular flexibility index (Phi) is 8.63. The topological polar surface area (TPSA) is 156 Å². The fourth-order valence-electron chi connectivity index (χ4n) is 3.27. The Morgan fingerprint density at radius 2 is 1.76 bits per heavy atom. The molecule has 37 heavy (non-hydrogen) atoms. The summed E-state index contributed by atoms with van der Waals surface area (Å²) in [6.45, 7) is 5.96. The second-order valence-electron chi connectivity index (χ2n) is 7.59. The highest BCUT2D eigenvalue weighted by Gasteiger charge is 2.21. The van der Waals surface area contributed by atoms with Crippen molar-refractivity contribution in [2.75, 3.05) is 13.4 Å². The van der Waals surface area contributed by atoms with Crippen LogP contribution in [-0.2, 0) is 28.6 Å². The Balaban J connectivity index is 1.76. The molecule has 0 saturated heterocycles. The van der Waals surface area contributed by atoms with Crippen LogP contribution in [0.15, 0.2) is 57.1 Å². The van der Waals surface area contributed by atoms with Crippen molar-refractivity contribution >= 4 is 34.2 Å². The minimum absolute atomic E-state index is 0.00639. The zero-order valence-electron chi connectivity index (χ0n) is 20.5. The van der Waals surface area contributed by atoms with E-state index in [0.717, 1.165) is 30.6 Å². The maximum Gasteiger partial charge on any atom is 0.340 e. The zero-order chi connectivity index (χ0) is 27.2. The highest BCUT2D eigenvalue weighted by atomic mass is 32.2. The second-order valence-corrected chi connectivity index (χ2v) is 9.13. The summed E-state index contributed by atoms with van der Waals surface area (Å²) in [6.07, 6.45) is 1.09. The van der Waals surface area contributed by atoms with Gasteiger partial charge in [0.2, 0.25) is 11.9 Å². The molecule has 0 unspecified atom stereocenters. The normalized spacial score (nSPS) is 11.5. The van der Waals surface area contributed by atoms with Gasteiger partial charge in [-0.05, 0) is 63.2 Å². The number of ether oxygens (including phenoxy) is 2. The minimum Gasteiger partial charge on any atom is -0.462 e. The largest absolute Gasteiger partial charge is 0.462 e. The van der Waals surface area contributed by atoms with Crippen LogP contribution in [0.4, 0.5) is 0 Å². The van der Waals surface area contributed by atoms with Gasteiger partial charge in [0.05, 0.1) is 24.1 Å². The van der Waals surface area contributed by atoms with Crippen LogP contribution in [0.5, 0.6) is 0 Å². The van der Waals surface area contributed by atoms with Crippen molar-refractivity contribution in [3.63, 3.8) is 0 Å². The zero-order valence-corrected chi connectivity index (χ0v) is 21.3. The van der Waals surface area contributed by atoms with Gasteiger partial charge in [-0.1, -0.05) is 0 Å². The Bertz CT molecular complexity index is 1430. The van der Waals surface area contributed by atoms with E-state index in [-0.39, 0.29) is 17.9 Å². The highest BCUT2D eigenvalue weighted by molar-refractivity contribution is 7.86. The molecule has 0 aliphatic heterocycles. The number of benzene rings is 1. The molecule has 2 aromatic heterocycles. The van der Waals surface area contributed by atoms with E-state index >= 15 is 0 Å². The van der Waals surface area contributed by atoms with Gasteiger partial charge in [0.15, 0.2) is 0 Å². The lowest BCUT2D eigenvalue weighted by Gasteiger charge is -2.15. The van der Waals surface area contributed by atoms with E-state index in [4.69, 9.17) is 9.15 Å². The van der Waals surface area contributed by atoms with Crippen molar-refractivity contribution in [2.45, 2.75) is 32.8 Å². The summed E-state index contributed by atoms with van der Waals surface area (Å²) in [4.78, 5) is 36.0. The Morgan fingerprint density at radius 1 is 1.05 bits per heavy atom. The number of aryl methyl sites for hydroxylation is 2. The van der Waals surface area contributed by atoms with Crippen molar-refractivity contribution in [1.29, 1.82) is 0 Å². The number of furan rings is 1. The second kappa shape index (κ2) is 11.7. The van der Waals surface area contributed by atoms with Crippen LogP contribution in [-0.4, -0.2) is 50.4 Å². The molecule has 2 heterocycles. The number of carbonyl (C=O) groups is 3. The molecule has 1 aromatic carbocycles. The number of hydrazone groups is 1. The Hall–Kier alpha value is -4.23. The molecule has 0 aliphatic carbocycles. The van der Waals surface area contributed by atoms with Gasteiger partial charge in [0.25, 0.3) is 5.91 Å². The summed E-state index contributed by atoms with van der Waals surface area (Å²) in [5.74, 6) is -1.80. The molecule has 1 N–H and O–H groups in total. The number of esters is 2. The molecule has 0 spiro atoms. The van der Waals surface area contributed by atoms with Crippen LogP contribution in [0.3, 0.4) is 0 Å². The molecule has 0 bridgehead atoms. The average molecular weight is 532 g/mol. The molecule has 12 nitrogen and oxygen atoms in total. The van der Waals surface area contributed by atoms with Crippen LogP contribution >= 0.6 is 0 Å². The first kappa shape index (κ1) is 27.4. The first-order chi connectivity index (χ1) is 17.5. The van der Waals surface area contributed by atoms with E-state index in [9.17, 15) is 22.8 Å². The van der Waals surface area contributed by atoms with E-state index in [1.165, 1.54) is 18.2 Å². The number of rotatable bonds is 10. The van der Waals surface area contributed by atoms with Crippen molar-refractivity contribution in [3.8, 4) is 5.69 Å². The summed E-state index contributed by atoms with van der Waals surface area (Å²) >= 11 is 0. The number of hydrogen-bond acceptors (Lipinski definition) is 10. The molecule has 3 aromatic rings. The number of nitrogens with zero attached hydrogens (tertiary/aromatic N) is 2. The van der Waals surface area contributed by atoms with Crippen molar-refractivity contribution < 1.29 is 40.9 Å². The SMILES string of the molecule is CCOC(=O)c1ccc(C(=O)N/N=C/c2ccc(S(=O)(=O)OCOC(C)=O)o2)cc1-n1c(C)ccc1C. The molecular formula is C24H25N3O9S. The molecule has 0 atom stereocenters. The van der Waals surface area contributed by atoms with Crippen LogP contribution in [0, 0.1) is 13.8 Å². The first-order valence-electron chi connectivity index (χ1n) is 11.0. The molecule has 0 fully saturated rings. The van der Waals surface area contributed by atoms with Crippen molar-refractivity contribution in [1.82, 2.24) is 9.99 Å². The van der Waals surface area contributed by atoms with E-state index < -0.39 is 39.8 Å². The van der Waals surface area contributed by atoms with Gasteiger partial charge in [-0.25, -0.2) is 14.4 Å².